The molecule has 0 aliphatic heterocycles. The monoisotopic (exact) mass is 566 g/mol. The number of alkyl halides is 3. The van der Waals surface area contributed by atoms with Crippen molar-refractivity contribution >= 4 is 22.5 Å². The molecular formula is C29H26ClF3N6O. The average Bonchev–Trinajstić information content (AvgIpc) is 3.35. The molecule has 5 aromatic rings. The molecule has 1 unspecified atom stereocenters. The maximum Gasteiger partial charge on any atom is 0.416 e. The van der Waals surface area contributed by atoms with Gasteiger partial charge in [-0.3, -0.25) is 4.98 Å². The van der Waals surface area contributed by atoms with E-state index in [9.17, 15) is 13.2 Å². The number of hydrogen-bond acceptors (Lipinski definition) is 6. The second-order valence-electron chi connectivity index (χ2n) is 9.65. The minimum atomic E-state index is -4.42. The zero-order valence-corrected chi connectivity index (χ0v) is 23.0. The van der Waals surface area contributed by atoms with Crippen LogP contribution in [0.1, 0.15) is 44.9 Å². The lowest BCUT2D eigenvalue weighted by Crippen LogP contribution is -2.42. The van der Waals surface area contributed by atoms with E-state index in [4.69, 9.17) is 22.1 Å². The van der Waals surface area contributed by atoms with Crippen LogP contribution in [0, 0.1) is 13.8 Å². The lowest BCUT2D eigenvalue weighted by atomic mass is 9.79. The predicted octanol–water partition coefficient (Wildman–Crippen LogP) is 5.90. The number of pyridine rings is 2. The zero-order chi connectivity index (χ0) is 28.8. The molecule has 0 saturated heterocycles. The van der Waals surface area contributed by atoms with E-state index < -0.39 is 17.3 Å². The Balaban J connectivity index is 1.68. The van der Waals surface area contributed by atoms with Crippen LogP contribution in [0.25, 0.3) is 10.9 Å². The van der Waals surface area contributed by atoms with Gasteiger partial charge in [-0.1, -0.05) is 41.1 Å². The first-order valence-corrected chi connectivity index (χ1v) is 12.7. The SMILES string of the molecule is COc1nc2ccc(C(N)(c3ccc(C)nc3C)c3cnnn3C)cc2c(Cl)c1Cc1ccc(C(F)(F)F)cc1. The van der Waals surface area contributed by atoms with Crippen LogP contribution >= 0.6 is 11.6 Å². The molecule has 0 amide bonds. The number of aryl methyl sites for hydroxylation is 3. The molecule has 206 valence electrons. The summed E-state index contributed by atoms with van der Waals surface area (Å²) in [5.41, 5.74) is 10.8. The number of ether oxygens (including phenoxy) is 1. The van der Waals surface area contributed by atoms with Crippen molar-refractivity contribution in [2.24, 2.45) is 12.8 Å². The highest BCUT2D eigenvalue weighted by Crippen LogP contribution is 2.40. The lowest BCUT2D eigenvalue weighted by molar-refractivity contribution is -0.137. The number of benzene rings is 2. The zero-order valence-electron chi connectivity index (χ0n) is 22.2. The molecule has 0 radical (unpaired) electrons. The van der Waals surface area contributed by atoms with E-state index in [1.54, 1.807) is 17.9 Å². The molecule has 7 nitrogen and oxygen atoms in total. The summed E-state index contributed by atoms with van der Waals surface area (Å²) in [5.74, 6) is 0.290. The van der Waals surface area contributed by atoms with E-state index >= 15 is 0 Å². The summed E-state index contributed by atoms with van der Waals surface area (Å²) in [7, 11) is 3.24. The summed E-state index contributed by atoms with van der Waals surface area (Å²) in [5, 5.41) is 9.15. The van der Waals surface area contributed by atoms with Gasteiger partial charge in [-0.2, -0.15) is 13.2 Å². The fourth-order valence-corrected chi connectivity index (χ4v) is 5.32. The molecule has 0 spiro atoms. The van der Waals surface area contributed by atoms with E-state index in [0.717, 1.165) is 29.1 Å². The molecule has 0 bridgehead atoms. The van der Waals surface area contributed by atoms with E-state index in [1.807, 2.05) is 44.2 Å². The van der Waals surface area contributed by atoms with Crippen LogP contribution < -0.4 is 10.5 Å². The van der Waals surface area contributed by atoms with Gasteiger partial charge < -0.3 is 10.5 Å². The summed E-state index contributed by atoms with van der Waals surface area (Å²) >= 11 is 6.97. The van der Waals surface area contributed by atoms with E-state index in [2.05, 4.69) is 20.3 Å². The van der Waals surface area contributed by atoms with Crippen molar-refractivity contribution in [3.63, 3.8) is 0 Å². The molecule has 0 saturated carbocycles. The predicted molar refractivity (Wildman–Crippen MR) is 146 cm³/mol. The molecule has 5 rings (SSSR count). The van der Waals surface area contributed by atoms with Gasteiger partial charge in [0.1, 0.15) is 5.54 Å². The molecule has 11 heteroatoms. The number of methoxy groups -OCH3 is 1. The fourth-order valence-electron chi connectivity index (χ4n) is 5.02. The topological polar surface area (TPSA) is 91.7 Å². The molecule has 3 heterocycles. The van der Waals surface area contributed by atoms with Gasteiger partial charge in [-0.25, -0.2) is 9.67 Å². The molecule has 40 heavy (non-hydrogen) atoms. The maximum absolute atomic E-state index is 13.1. The third-order valence-electron chi connectivity index (χ3n) is 7.06. The van der Waals surface area contributed by atoms with Crippen LogP contribution in [0.4, 0.5) is 13.2 Å². The van der Waals surface area contributed by atoms with Gasteiger partial charge in [0.2, 0.25) is 5.88 Å². The Morgan fingerprint density at radius 3 is 2.27 bits per heavy atom. The van der Waals surface area contributed by atoms with Crippen LogP contribution in [0.3, 0.4) is 0 Å². The summed E-state index contributed by atoms with van der Waals surface area (Å²) in [4.78, 5) is 9.28. The van der Waals surface area contributed by atoms with E-state index in [-0.39, 0.29) is 6.42 Å². The summed E-state index contributed by atoms with van der Waals surface area (Å²) in [6.07, 6.45) is -2.58. The lowest BCUT2D eigenvalue weighted by Gasteiger charge is -2.32. The van der Waals surface area contributed by atoms with Crippen molar-refractivity contribution in [2.45, 2.75) is 32.0 Å². The number of fused-ring (bicyclic) bond motifs is 1. The number of aromatic nitrogens is 5. The van der Waals surface area contributed by atoms with E-state index in [1.165, 1.54) is 19.2 Å². The van der Waals surface area contributed by atoms with Crippen LogP contribution in [0.5, 0.6) is 5.88 Å². The Kier molecular flexibility index (Phi) is 7.01. The maximum atomic E-state index is 13.1. The van der Waals surface area contributed by atoms with Crippen molar-refractivity contribution in [1.82, 2.24) is 25.0 Å². The smallest absolute Gasteiger partial charge is 0.416 e. The van der Waals surface area contributed by atoms with Gasteiger partial charge in [-0.05, 0) is 55.3 Å². The van der Waals surface area contributed by atoms with Crippen molar-refractivity contribution in [3.8, 4) is 5.88 Å². The molecule has 2 N–H and O–H groups in total. The number of rotatable bonds is 6. The molecule has 1 atom stereocenters. The quantitative estimate of drug-likeness (QED) is 0.275. The van der Waals surface area contributed by atoms with Gasteiger partial charge in [0, 0.05) is 41.4 Å². The van der Waals surface area contributed by atoms with Gasteiger partial charge in [0.05, 0.1) is 35.1 Å². The van der Waals surface area contributed by atoms with Crippen LogP contribution in [0.15, 0.2) is 60.8 Å². The average molecular weight is 567 g/mol. The minimum Gasteiger partial charge on any atom is -0.481 e. The van der Waals surface area contributed by atoms with Crippen molar-refractivity contribution in [2.75, 3.05) is 7.11 Å². The molecular weight excluding hydrogens is 541 g/mol. The third kappa shape index (κ3) is 4.77. The highest BCUT2D eigenvalue weighted by atomic mass is 35.5. The highest BCUT2D eigenvalue weighted by molar-refractivity contribution is 6.36. The second-order valence-corrected chi connectivity index (χ2v) is 10.0. The van der Waals surface area contributed by atoms with Crippen molar-refractivity contribution < 1.29 is 17.9 Å². The number of hydrogen-bond donors (Lipinski definition) is 1. The number of nitrogens with zero attached hydrogens (tertiary/aromatic N) is 5. The van der Waals surface area contributed by atoms with Crippen molar-refractivity contribution in [1.29, 1.82) is 0 Å². The largest absolute Gasteiger partial charge is 0.481 e. The molecule has 3 aromatic heterocycles. The van der Waals surface area contributed by atoms with Gasteiger partial charge in [0.25, 0.3) is 0 Å². The minimum absolute atomic E-state index is 0.216. The van der Waals surface area contributed by atoms with Gasteiger partial charge in [-0.15, -0.1) is 5.10 Å². The van der Waals surface area contributed by atoms with Crippen LogP contribution in [-0.2, 0) is 25.2 Å². The molecule has 0 fully saturated rings. The third-order valence-corrected chi connectivity index (χ3v) is 7.49. The van der Waals surface area contributed by atoms with E-state index in [0.29, 0.717) is 44.2 Å². The Bertz CT molecular complexity index is 1720. The first-order valence-electron chi connectivity index (χ1n) is 12.3. The highest BCUT2D eigenvalue weighted by Gasteiger charge is 2.37. The Morgan fingerprint density at radius 1 is 0.975 bits per heavy atom. The summed E-state index contributed by atoms with van der Waals surface area (Å²) in [6.45, 7) is 3.81. The summed E-state index contributed by atoms with van der Waals surface area (Å²) in [6, 6.07) is 14.3. The van der Waals surface area contributed by atoms with Crippen molar-refractivity contribution in [3.05, 3.63) is 111 Å². The standard InChI is InChI=1S/C29H26ClF3N6O/c1-16-5-11-23(17(2)36-16)28(34,25-15-35-38-39(25)3)20-10-12-24-21(14-20)26(30)22(27(37-24)40-4)13-18-6-8-19(9-7-18)29(31,32)33/h5-12,14-15H,13,34H2,1-4H3. The Labute approximate surface area is 233 Å². The Hall–Kier alpha value is -4.02. The molecule has 0 aliphatic rings. The van der Waals surface area contributed by atoms with Gasteiger partial charge >= 0.3 is 6.18 Å². The van der Waals surface area contributed by atoms with Crippen LogP contribution in [-0.4, -0.2) is 32.1 Å². The van der Waals surface area contributed by atoms with Crippen LogP contribution in [0.2, 0.25) is 5.02 Å². The summed E-state index contributed by atoms with van der Waals surface area (Å²) < 4.78 is 46.3. The molecule has 0 aliphatic carbocycles. The van der Waals surface area contributed by atoms with Gasteiger partial charge in [0.15, 0.2) is 0 Å². The first-order chi connectivity index (χ1) is 18.9. The molecule has 2 aromatic carbocycles. The number of nitrogens with two attached hydrogens (primary N) is 1. The Morgan fingerprint density at radius 2 is 1.68 bits per heavy atom. The fraction of sp³-hybridized carbons (Fsp3) is 0.241. The number of halogens is 4. The first kappa shape index (κ1) is 27.5. The second kappa shape index (κ2) is 10.2. The normalized spacial score (nSPS) is 13.4.